The lowest BCUT2D eigenvalue weighted by Gasteiger charge is -2.33. The SMILES string of the molecule is CC(C)N1CC(C(=O)N2CCCC(CC(=O)O)C2)CC1=O. The van der Waals surface area contributed by atoms with Gasteiger partial charge in [-0.1, -0.05) is 0 Å². The summed E-state index contributed by atoms with van der Waals surface area (Å²) in [5.74, 6) is -0.970. The molecule has 2 aliphatic heterocycles. The second kappa shape index (κ2) is 6.45. The number of carbonyl (C=O) groups is 3. The summed E-state index contributed by atoms with van der Waals surface area (Å²) in [6, 6.07) is 0.122. The number of hydrogen-bond donors (Lipinski definition) is 1. The van der Waals surface area contributed by atoms with Crippen LogP contribution in [0.1, 0.15) is 39.5 Å². The molecular weight excluding hydrogens is 272 g/mol. The van der Waals surface area contributed by atoms with Gasteiger partial charge in [-0.05, 0) is 32.6 Å². The Labute approximate surface area is 125 Å². The molecule has 0 aromatic carbocycles. The normalized spacial score (nSPS) is 26.5. The molecule has 6 heteroatoms. The number of likely N-dealkylation sites (tertiary alicyclic amines) is 2. The number of carbonyl (C=O) groups excluding carboxylic acids is 2. The topological polar surface area (TPSA) is 77.9 Å². The molecule has 1 N–H and O–H groups in total. The maximum atomic E-state index is 12.5. The number of carboxylic acid groups (broad SMARTS) is 1. The maximum absolute atomic E-state index is 12.5. The molecule has 0 saturated carbocycles. The molecule has 6 nitrogen and oxygen atoms in total. The molecule has 2 fully saturated rings. The van der Waals surface area contributed by atoms with Crippen molar-refractivity contribution in [1.82, 2.24) is 9.80 Å². The smallest absolute Gasteiger partial charge is 0.303 e. The molecule has 0 aromatic heterocycles. The highest BCUT2D eigenvalue weighted by molar-refractivity contribution is 5.89. The van der Waals surface area contributed by atoms with Crippen LogP contribution in [0.15, 0.2) is 0 Å². The van der Waals surface area contributed by atoms with E-state index in [1.165, 1.54) is 0 Å². The average molecular weight is 296 g/mol. The Bertz CT molecular complexity index is 435. The summed E-state index contributed by atoms with van der Waals surface area (Å²) in [6.45, 7) is 5.59. The molecule has 2 unspecified atom stereocenters. The van der Waals surface area contributed by atoms with E-state index in [4.69, 9.17) is 5.11 Å². The highest BCUT2D eigenvalue weighted by Gasteiger charge is 2.38. The summed E-state index contributed by atoms with van der Waals surface area (Å²) in [5, 5.41) is 8.88. The first-order valence-corrected chi connectivity index (χ1v) is 7.68. The molecular formula is C15H24N2O4. The molecule has 0 aliphatic carbocycles. The van der Waals surface area contributed by atoms with Crippen LogP contribution in [0.25, 0.3) is 0 Å². The van der Waals surface area contributed by atoms with Gasteiger partial charge in [-0.3, -0.25) is 14.4 Å². The fourth-order valence-corrected chi connectivity index (χ4v) is 3.33. The summed E-state index contributed by atoms with van der Waals surface area (Å²) in [4.78, 5) is 38.8. The van der Waals surface area contributed by atoms with E-state index in [0.717, 1.165) is 12.8 Å². The Morgan fingerprint density at radius 2 is 2.05 bits per heavy atom. The van der Waals surface area contributed by atoms with Gasteiger partial charge in [-0.15, -0.1) is 0 Å². The molecule has 2 rings (SSSR count). The third-order valence-electron chi connectivity index (χ3n) is 4.42. The molecule has 2 saturated heterocycles. The summed E-state index contributed by atoms with van der Waals surface area (Å²) in [5.41, 5.74) is 0. The molecule has 118 valence electrons. The Morgan fingerprint density at radius 1 is 1.33 bits per heavy atom. The standard InChI is InChI=1S/C15H24N2O4/c1-10(2)17-9-12(7-13(17)18)15(21)16-5-3-4-11(8-16)6-14(19)20/h10-12H,3-9H2,1-2H3,(H,19,20). The zero-order valence-electron chi connectivity index (χ0n) is 12.7. The van der Waals surface area contributed by atoms with Crippen LogP contribution in [-0.4, -0.2) is 58.4 Å². The van der Waals surface area contributed by atoms with E-state index in [0.29, 0.717) is 19.6 Å². The van der Waals surface area contributed by atoms with Crippen molar-refractivity contribution in [2.45, 2.75) is 45.6 Å². The highest BCUT2D eigenvalue weighted by atomic mass is 16.4. The molecule has 0 bridgehead atoms. The van der Waals surface area contributed by atoms with Gasteiger partial charge in [0.05, 0.1) is 5.92 Å². The van der Waals surface area contributed by atoms with E-state index < -0.39 is 5.97 Å². The van der Waals surface area contributed by atoms with Gasteiger partial charge >= 0.3 is 5.97 Å². The Morgan fingerprint density at radius 3 is 2.62 bits per heavy atom. The van der Waals surface area contributed by atoms with Crippen molar-refractivity contribution >= 4 is 17.8 Å². The van der Waals surface area contributed by atoms with E-state index in [9.17, 15) is 14.4 Å². The number of piperidine rings is 1. The van der Waals surface area contributed by atoms with E-state index >= 15 is 0 Å². The van der Waals surface area contributed by atoms with Crippen LogP contribution < -0.4 is 0 Å². The average Bonchev–Trinajstić information content (AvgIpc) is 2.79. The van der Waals surface area contributed by atoms with Gasteiger partial charge < -0.3 is 14.9 Å². The second-order valence-electron chi connectivity index (χ2n) is 6.43. The first-order chi connectivity index (χ1) is 9.88. The van der Waals surface area contributed by atoms with Crippen molar-refractivity contribution in [2.24, 2.45) is 11.8 Å². The monoisotopic (exact) mass is 296 g/mol. The number of hydrogen-bond acceptors (Lipinski definition) is 3. The quantitative estimate of drug-likeness (QED) is 0.838. The van der Waals surface area contributed by atoms with Crippen molar-refractivity contribution in [3.8, 4) is 0 Å². The third kappa shape index (κ3) is 3.74. The maximum Gasteiger partial charge on any atom is 0.303 e. The fraction of sp³-hybridized carbons (Fsp3) is 0.800. The van der Waals surface area contributed by atoms with Crippen LogP contribution in [0.2, 0.25) is 0 Å². The predicted molar refractivity (Wildman–Crippen MR) is 76.5 cm³/mol. The van der Waals surface area contributed by atoms with Crippen molar-refractivity contribution in [3.05, 3.63) is 0 Å². The van der Waals surface area contributed by atoms with Crippen LogP contribution in [0.3, 0.4) is 0 Å². The van der Waals surface area contributed by atoms with Crippen molar-refractivity contribution in [2.75, 3.05) is 19.6 Å². The van der Waals surface area contributed by atoms with Crippen molar-refractivity contribution in [1.29, 1.82) is 0 Å². The largest absolute Gasteiger partial charge is 0.481 e. The van der Waals surface area contributed by atoms with Crippen LogP contribution >= 0.6 is 0 Å². The van der Waals surface area contributed by atoms with Crippen LogP contribution in [-0.2, 0) is 14.4 Å². The van der Waals surface area contributed by atoms with E-state index in [1.54, 1.807) is 9.80 Å². The van der Waals surface area contributed by atoms with Gasteiger partial charge in [-0.25, -0.2) is 0 Å². The molecule has 0 aromatic rings. The van der Waals surface area contributed by atoms with Gasteiger partial charge in [0.1, 0.15) is 0 Å². The number of amides is 2. The first kappa shape index (κ1) is 15.8. The molecule has 0 spiro atoms. The zero-order valence-corrected chi connectivity index (χ0v) is 12.7. The van der Waals surface area contributed by atoms with Crippen molar-refractivity contribution < 1.29 is 19.5 Å². The third-order valence-corrected chi connectivity index (χ3v) is 4.42. The van der Waals surface area contributed by atoms with E-state index in [-0.39, 0.29) is 42.5 Å². The molecule has 2 amide bonds. The summed E-state index contributed by atoms with van der Waals surface area (Å²) in [6.07, 6.45) is 2.11. The predicted octanol–water partition coefficient (Wildman–Crippen LogP) is 0.957. The summed E-state index contributed by atoms with van der Waals surface area (Å²) < 4.78 is 0. The van der Waals surface area contributed by atoms with Crippen LogP contribution in [0.4, 0.5) is 0 Å². The molecule has 2 atom stereocenters. The lowest BCUT2D eigenvalue weighted by Crippen LogP contribution is -2.44. The number of aliphatic carboxylic acids is 1. The lowest BCUT2D eigenvalue weighted by molar-refractivity contribution is -0.142. The lowest BCUT2D eigenvalue weighted by atomic mass is 9.93. The van der Waals surface area contributed by atoms with Crippen LogP contribution in [0.5, 0.6) is 0 Å². The van der Waals surface area contributed by atoms with Crippen LogP contribution in [0, 0.1) is 11.8 Å². The van der Waals surface area contributed by atoms with Gasteiger partial charge in [0.15, 0.2) is 0 Å². The van der Waals surface area contributed by atoms with Crippen molar-refractivity contribution in [3.63, 3.8) is 0 Å². The molecule has 21 heavy (non-hydrogen) atoms. The summed E-state index contributed by atoms with van der Waals surface area (Å²) in [7, 11) is 0. The molecule has 2 heterocycles. The van der Waals surface area contributed by atoms with E-state index in [1.807, 2.05) is 13.8 Å². The van der Waals surface area contributed by atoms with Gasteiger partial charge in [-0.2, -0.15) is 0 Å². The van der Waals surface area contributed by atoms with Gasteiger partial charge in [0.2, 0.25) is 11.8 Å². The number of nitrogens with zero attached hydrogens (tertiary/aromatic N) is 2. The zero-order chi connectivity index (χ0) is 15.6. The number of carboxylic acids is 1. The highest BCUT2D eigenvalue weighted by Crippen LogP contribution is 2.26. The number of rotatable bonds is 4. The first-order valence-electron chi connectivity index (χ1n) is 7.68. The second-order valence-corrected chi connectivity index (χ2v) is 6.43. The minimum absolute atomic E-state index is 0.0154. The minimum atomic E-state index is -0.809. The molecule has 2 aliphatic rings. The molecule has 0 radical (unpaired) electrons. The Hall–Kier alpha value is -1.59. The minimum Gasteiger partial charge on any atom is -0.481 e. The Balaban J connectivity index is 1.94. The van der Waals surface area contributed by atoms with Gasteiger partial charge in [0.25, 0.3) is 0 Å². The fourth-order valence-electron chi connectivity index (χ4n) is 3.33. The van der Waals surface area contributed by atoms with E-state index in [2.05, 4.69) is 0 Å². The van der Waals surface area contributed by atoms with Gasteiger partial charge in [0, 0.05) is 38.5 Å². The summed E-state index contributed by atoms with van der Waals surface area (Å²) >= 11 is 0. The Kier molecular flexibility index (Phi) is 4.85.